The number of carbonyl (C=O) groups is 2. The van der Waals surface area contributed by atoms with Crippen LogP contribution in [0, 0.1) is 20.8 Å². The van der Waals surface area contributed by atoms with Crippen LogP contribution in [0.5, 0.6) is 0 Å². The zero-order valence-corrected chi connectivity index (χ0v) is 14.3. The van der Waals surface area contributed by atoms with Crippen LogP contribution in [0.25, 0.3) is 0 Å². The molecule has 5 heteroatoms. The molecular formula is C18H23N3O2. The molecule has 0 aliphatic rings. The zero-order valence-electron chi connectivity index (χ0n) is 14.3. The second-order valence-corrected chi connectivity index (χ2v) is 5.98. The van der Waals surface area contributed by atoms with Gasteiger partial charge in [-0.2, -0.15) is 5.10 Å². The third-order valence-corrected chi connectivity index (χ3v) is 4.14. The van der Waals surface area contributed by atoms with Crippen LogP contribution < -0.4 is 5.32 Å². The average Bonchev–Trinajstić information content (AvgIpc) is 2.75. The van der Waals surface area contributed by atoms with Gasteiger partial charge < -0.3 is 5.32 Å². The third-order valence-electron chi connectivity index (χ3n) is 4.14. The molecule has 1 aromatic carbocycles. The number of benzene rings is 1. The van der Waals surface area contributed by atoms with Gasteiger partial charge in [0.15, 0.2) is 5.78 Å². The molecule has 0 saturated heterocycles. The average molecular weight is 313 g/mol. The second kappa shape index (κ2) is 6.77. The molecule has 1 amide bonds. The Labute approximate surface area is 136 Å². The third kappa shape index (κ3) is 3.86. The quantitative estimate of drug-likeness (QED) is 0.858. The summed E-state index contributed by atoms with van der Waals surface area (Å²) in [7, 11) is 0. The molecule has 5 nitrogen and oxygen atoms in total. The second-order valence-electron chi connectivity index (χ2n) is 5.98. The number of nitrogens with zero attached hydrogens (tertiary/aromatic N) is 2. The van der Waals surface area contributed by atoms with E-state index in [9.17, 15) is 9.59 Å². The lowest BCUT2D eigenvalue weighted by atomic mass is 10.1. The van der Waals surface area contributed by atoms with Crippen molar-refractivity contribution in [2.24, 2.45) is 0 Å². The number of ketones is 1. The summed E-state index contributed by atoms with van der Waals surface area (Å²) in [6.45, 7) is 9.51. The van der Waals surface area contributed by atoms with Crippen LogP contribution in [0.1, 0.15) is 53.6 Å². The number of anilines is 1. The van der Waals surface area contributed by atoms with Crippen LogP contribution in [0.2, 0.25) is 0 Å². The molecule has 1 N–H and O–H groups in total. The van der Waals surface area contributed by atoms with Crippen molar-refractivity contribution in [1.82, 2.24) is 9.78 Å². The fourth-order valence-electron chi connectivity index (χ4n) is 2.56. The Morgan fingerprint density at radius 2 is 1.96 bits per heavy atom. The first-order valence-electron chi connectivity index (χ1n) is 7.72. The molecule has 1 heterocycles. The van der Waals surface area contributed by atoms with Crippen molar-refractivity contribution in [1.29, 1.82) is 0 Å². The van der Waals surface area contributed by atoms with Gasteiger partial charge in [0.25, 0.3) is 0 Å². The highest BCUT2D eigenvalue weighted by atomic mass is 16.1. The van der Waals surface area contributed by atoms with Gasteiger partial charge in [-0.25, -0.2) is 0 Å². The number of aromatic nitrogens is 2. The van der Waals surface area contributed by atoms with E-state index in [0.29, 0.717) is 17.7 Å². The van der Waals surface area contributed by atoms with E-state index in [0.717, 1.165) is 17.0 Å². The van der Waals surface area contributed by atoms with Gasteiger partial charge in [-0.3, -0.25) is 14.3 Å². The van der Waals surface area contributed by atoms with E-state index in [-0.39, 0.29) is 17.7 Å². The Hall–Kier alpha value is -2.43. The predicted octanol–water partition coefficient (Wildman–Crippen LogP) is 3.60. The fraction of sp³-hybridized carbons (Fsp3) is 0.389. The van der Waals surface area contributed by atoms with Gasteiger partial charge in [0.1, 0.15) is 0 Å². The standard InChI is InChI=1S/C18H23N3O2/c1-11(21-14(4)12(2)13(3)20-21)9-18(23)19-17-8-6-7-16(10-17)15(5)22/h6-8,10-11H,9H2,1-5H3,(H,19,23). The van der Waals surface area contributed by atoms with Gasteiger partial charge in [0.2, 0.25) is 5.91 Å². The number of Topliss-reactive ketones (excluding diaryl/α,β-unsaturated/α-hetero) is 1. The molecule has 1 aromatic heterocycles. The molecule has 0 spiro atoms. The summed E-state index contributed by atoms with van der Waals surface area (Å²) in [6, 6.07) is 6.94. The maximum absolute atomic E-state index is 12.2. The zero-order chi connectivity index (χ0) is 17.1. The number of nitrogens with one attached hydrogen (secondary N) is 1. The van der Waals surface area contributed by atoms with Crippen molar-refractivity contribution in [2.45, 2.75) is 47.1 Å². The number of aryl methyl sites for hydroxylation is 1. The van der Waals surface area contributed by atoms with E-state index in [4.69, 9.17) is 0 Å². The van der Waals surface area contributed by atoms with Crippen LogP contribution >= 0.6 is 0 Å². The summed E-state index contributed by atoms with van der Waals surface area (Å²) in [5.74, 6) is -0.115. The number of carbonyl (C=O) groups excluding carboxylic acids is 2. The van der Waals surface area contributed by atoms with Crippen molar-refractivity contribution in [3.8, 4) is 0 Å². The van der Waals surface area contributed by atoms with E-state index in [1.165, 1.54) is 6.92 Å². The Morgan fingerprint density at radius 1 is 1.26 bits per heavy atom. The maximum Gasteiger partial charge on any atom is 0.226 e. The van der Waals surface area contributed by atoms with Crippen LogP contribution in [-0.2, 0) is 4.79 Å². The van der Waals surface area contributed by atoms with Crippen molar-refractivity contribution < 1.29 is 9.59 Å². The highest BCUT2D eigenvalue weighted by Gasteiger charge is 2.16. The summed E-state index contributed by atoms with van der Waals surface area (Å²) < 4.78 is 1.90. The minimum Gasteiger partial charge on any atom is -0.326 e. The van der Waals surface area contributed by atoms with Gasteiger partial charge in [-0.15, -0.1) is 0 Å². The first kappa shape index (κ1) is 16.9. The van der Waals surface area contributed by atoms with E-state index < -0.39 is 0 Å². The lowest BCUT2D eigenvalue weighted by Gasteiger charge is -2.14. The Morgan fingerprint density at radius 3 is 2.52 bits per heavy atom. The Balaban J connectivity index is 2.05. The lowest BCUT2D eigenvalue weighted by Crippen LogP contribution is -2.19. The molecule has 122 valence electrons. The van der Waals surface area contributed by atoms with Crippen molar-refractivity contribution >= 4 is 17.4 Å². The van der Waals surface area contributed by atoms with Gasteiger partial charge in [0.05, 0.1) is 11.7 Å². The maximum atomic E-state index is 12.2. The highest BCUT2D eigenvalue weighted by molar-refractivity contribution is 5.97. The summed E-state index contributed by atoms with van der Waals surface area (Å²) in [5, 5.41) is 7.35. The summed E-state index contributed by atoms with van der Waals surface area (Å²) in [6.07, 6.45) is 0.325. The minimum absolute atomic E-state index is 0.0208. The summed E-state index contributed by atoms with van der Waals surface area (Å²) in [5.41, 5.74) is 4.46. The number of rotatable bonds is 5. The fourth-order valence-corrected chi connectivity index (χ4v) is 2.56. The van der Waals surface area contributed by atoms with Crippen LogP contribution in [0.15, 0.2) is 24.3 Å². The molecule has 23 heavy (non-hydrogen) atoms. The molecule has 0 fully saturated rings. The first-order chi connectivity index (χ1) is 10.8. The van der Waals surface area contributed by atoms with Gasteiger partial charge in [0, 0.05) is 23.4 Å². The van der Waals surface area contributed by atoms with Gasteiger partial charge >= 0.3 is 0 Å². The molecule has 0 aliphatic carbocycles. The number of amides is 1. The lowest BCUT2D eigenvalue weighted by molar-refractivity contribution is -0.116. The summed E-state index contributed by atoms with van der Waals surface area (Å²) in [4.78, 5) is 23.6. The van der Waals surface area contributed by atoms with E-state index in [1.807, 2.05) is 32.4 Å². The highest BCUT2D eigenvalue weighted by Crippen LogP contribution is 2.19. The van der Waals surface area contributed by atoms with Crippen molar-refractivity contribution in [3.05, 3.63) is 46.8 Å². The minimum atomic E-state index is -0.0941. The van der Waals surface area contributed by atoms with Gasteiger partial charge in [-0.1, -0.05) is 12.1 Å². The molecule has 2 rings (SSSR count). The van der Waals surface area contributed by atoms with E-state index >= 15 is 0 Å². The molecule has 1 unspecified atom stereocenters. The monoisotopic (exact) mass is 313 g/mol. The molecule has 0 aliphatic heterocycles. The molecule has 0 saturated carbocycles. The Kier molecular flexibility index (Phi) is 4.98. The van der Waals surface area contributed by atoms with Crippen molar-refractivity contribution in [3.63, 3.8) is 0 Å². The molecule has 0 radical (unpaired) electrons. The smallest absolute Gasteiger partial charge is 0.226 e. The summed E-state index contributed by atoms with van der Waals surface area (Å²) >= 11 is 0. The normalized spacial score (nSPS) is 12.0. The van der Waals surface area contributed by atoms with Crippen molar-refractivity contribution in [2.75, 3.05) is 5.32 Å². The molecule has 0 bridgehead atoms. The molecule has 2 aromatic rings. The van der Waals surface area contributed by atoms with E-state index in [1.54, 1.807) is 24.3 Å². The molecule has 1 atom stereocenters. The molecular weight excluding hydrogens is 290 g/mol. The van der Waals surface area contributed by atoms with Crippen LogP contribution in [-0.4, -0.2) is 21.5 Å². The van der Waals surface area contributed by atoms with Gasteiger partial charge in [-0.05, 0) is 52.3 Å². The predicted molar refractivity (Wildman–Crippen MR) is 90.8 cm³/mol. The Bertz CT molecular complexity index is 747. The van der Waals surface area contributed by atoms with Crippen LogP contribution in [0.4, 0.5) is 5.69 Å². The SMILES string of the molecule is CC(=O)c1cccc(NC(=O)CC(C)n2nc(C)c(C)c2C)c1. The topological polar surface area (TPSA) is 64.0 Å². The number of hydrogen-bond donors (Lipinski definition) is 1. The number of hydrogen-bond acceptors (Lipinski definition) is 3. The van der Waals surface area contributed by atoms with E-state index in [2.05, 4.69) is 10.4 Å². The largest absolute Gasteiger partial charge is 0.326 e. The first-order valence-corrected chi connectivity index (χ1v) is 7.72. The van der Waals surface area contributed by atoms with Crippen LogP contribution in [0.3, 0.4) is 0 Å².